The maximum Gasteiger partial charge on any atom is 0.161 e. The Kier molecular flexibility index (Phi) is 3.88. The summed E-state index contributed by atoms with van der Waals surface area (Å²) in [7, 11) is 3.42. The standard InChI is InChI=1S/C17H25NO2/c1-12-4-5-15(8-12)18-7-6-13-9-16(19-2)17(20-3)10-14(13)11-18/h9-10,12,15H,4-8,11H2,1-3H3. The third-order valence-corrected chi connectivity index (χ3v) is 4.93. The van der Waals surface area contributed by atoms with Crippen LogP contribution in [0.15, 0.2) is 12.1 Å². The molecule has 1 heterocycles. The Bertz CT molecular complexity index is 486. The number of methoxy groups -OCH3 is 2. The SMILES string of the molecule is COc1cc2c(cc1OC)CN(C1CCC(C)C1)CC2. The lowest BCUT2D eigenvalue weighted by Gasteiger charge is -2.34. The van der Waals surface area contributed by atoms with Gasteiger partial charge in [-0.1, -0.05) is 6.92 Å². The molecule has 1 aromatic rings. The van der Waals surface area contributed by atoms with Crippen molar-refractivity contribution in [2.24, 2.45) is 5.92 Å². The number of nitrogens with zero attached hydrogens (tertiary/aromatic N) is 1. The summed E-state index contributed by atoms with van der Waals surface area (Å²) in [6, 6.07) is 5.10. The average molecular weight is 275 g/mol. The first-order valence-electron chi connectivity index (χ1n) is 7.69. The molecule has 0 amide bonds. The third kappa shape index (κ3) is 2.51. The topological polar surface area (TPSA) is 21.7 Å². The minimum atomic E-state index is 0.784. The van der Waals surface area contributed by atoms with E-state index >= 15 is 0 Å². The third-order valence-electron chi connectivity index (χ3n) is 4.93. The zero-order valence-corrected chi connectivity index (χ0v) is 12.8. The van der Waals surface area contributed by atoms with E-state index in [1.807, 2.05) is 0 Å². The lowest BCUT2D eigenvalue weighted by atomic mass is 9.97. The van der Waals surface area contributed by atoms with Gasteiger partial charge in [-0.2, -0.15) is 0 Å². The predicted molar refractivity (Wildman–Crippen MR) is 80.5 cm³/mol. The molecule has 2 aliphatic rings. The van der Waals surface area contributed by atoms with Gasteiger partial charge in [0.2, 0.25) is 0 Å². The molecular formula is C17H25NO2. The molecule has 110 valence electrons. The van der Waals surface area contributed by atoms with Crippen molar-refractivity contribution >= 4 is 0 Å². The van der Waals surface area contributed by atoms with Crippen molar-refractivity contribution < 1.29 is 9.47 Å². The fraction of sp³-hybridized carbons (Fsp3) is 0.647. The minimum Gasteiger partial charge on any atom is -0.493 e. The van der Waals surface area contributed by atoms with Gasteiger partial charge in [-0.3, -0.25) is 4.90 Å². The molecule has 1 aliphatic carbocycles. The van der Waals surface area contributed by atoms with Crippen LogP contribution in [0.25, 0.3) is 0 Å². The number of hydrogen-bond acceptors (Lipinski definition) is 3. The maximum absolute atomic E-state index is 5.44. The van der Waals surface area contributed by atoms with Crippen LogP contribution in [0.3, 0.4) is 0 Å². The fourth-order valence-corrected chi connectivity index (χ4v) is 3.73. The van der Waals surface area contributed by atoms with Crippen LogP contribution in [-0.2, 0) is 13.0 Å². The highest BCUT2D eigenvalue weighted by atomic mass is 16.5. The van der Waals surface area contributed by atoms with Crippen molar-refractivity contribution in [3.63, 3.8) is 0 Å². The van der Waals surface area contributed by atoms with E-state index in [-0.39, 0.29) is 0 Å². The van der Waals surface area contributed by atoms with Gasteiger partial charge in [0.1, 0.15) is 0 Å². The van der Waals surface area contributed by atoms with E-state index in [4.69, 9.17) is 9.47 Å². The molecule has 3 heteroatoms. The summed E-state index contributed by atoms with van der Waals surface area (Å²) in [5, 5.41) is 0. The Hall–Kier alpha value is -1.22. The van der Waals surface area contributed by atoms with Crippen molar-refractivity contribution in [1.29, 1.82) is 0 Å². The van der Waals surface area contributed by atoms with Crippen molar-refractivity contribution in [1.82, 2.24) is 4.90 Å². The molecule has 0 radical (unpaired) electrons. The number of rotatable bonds is 3. The predicted octanol–water partition coefficient (Wildman–Crippen LogP) is 3.25. The van der Waals surface area contributed by atoms with Crippen LogP contribution >= 0.6 is 0 Å². The first-order chi connectivity index (χ1) is 9.71. The molecule has 1 aromatic carbocycles. The normalized spacial score (nSPS) is 26.4. The second kappa shape index (κ2) is 5.65. The summed E-state index contributed by atoms with van der Waals surface area (Å²) < 4.78 is 10.8. The van der Waals surface area contributed by atoms with Crippen molar-refractivity contribution in [3.8, 4) is 11.5 Å². The molecule has 0 bridgehead atoms. The van der Waals surface area contributed by atoms with E-state index < -0.39 is 0 Å². The molecule has 1 saturated carbocycles. The Balaban J connectivity index is 1.80. The highest BCUT2D eigenvalue weighted by Gasteiger charge is 2.29. The average Bonchev–Trinajstić information content (AvgIpc) is 2.91. The Labute approximate surface area is 121 Å². The van der Waals surface area contributed by atoms with Crippen molar-refractivity contribution in [2.45, 2.75) is 45.2 Å². The van der Waals surface area contributed by atoms with E-state index in [1.54, 1.807) is 14.2 Å². The maximum atomic E-state index is 5.44. The van der Waals surface area contributed by atoms with Gasteiger partial charge in [0, 0.05) is 19.1 Å². The van der Waals surface area contributed by atoms with E-state index in [1.165, 1.54) is 36.9 Å². The Morgan fingerprint density at radius 1 is 1.05 bits per heavy atom. The molecule has 2 unspecified atom stereocenters. The van der Waals surface area contributed by atoms with Crippen LogP contribution in [0.1, 0.15) is 37.3 Å². The van der Waals surface area contributed by atoms with Crippen LogP contribution in [-0.4, -0.2) is 31.7 Å². The van der Waals surface area contributed by atoms with E-state index in [2.05, 4.69) is 24.0 Å². The summed E-state index contributed by atoms with van der Waals surface area (Å²) in [5.74, 6) is 2.61. The summed E-state index contributed by atoms with van der Waals surface area (Å²) in [6.07, 6.45) is 5.24. The number of fused-ring (bicyclic) bond motifs is 1. The van der Waals surface area contributed by atoms with Gasteiger partial charge >= 0.3 is 0 Å². The molecule has 2 atom stereocenters. The van der Waals surface area contributed by atoms with Crippen LogP contribution in [0.2, 0.25) is 0 Å². The van der Waals surface area contributed by atoms with Crippen molar-refractivity contribution in [3.05, 3.63) is 23.3 Å². The molecule has 3 nitrogen and oxygen atoms in total. The summed E-state index contributed by atoms with van der Waals surface area (Å²) in [6.45, 7) is 4.62. The van der Waals surface area contributed by atoms with Gasteiger partial charge in [0.15, 0.2) is 11.5 Å². The van der Waals surface area contributed by atoms with Gasteiger partial charge in [-0.25, -0.2) is 0 Å². The molecule has 1 aliphatic heterocycles. The second-order valence-electron chi connectivity index (χ2n) is 6.27. The van der Waals surface area contributed by atoms with E-state index in [9.17, 15) is 0 Å². The second-order valence-corrected chi connectivity index (χ2v) is 6.27. The molecule has 0 saturated heterocycles. The van der Waals surface area contributed by atoms with Gasteiger partial charge in [-0.15, -0.1) is 0 Å². The number of ether oxygens (including phenoxy) is 2. The molecule has 1 fully saturated rings. The molecule has 0 spiro atoms. The lowest BCUT2D eigenvalue weighted by molar-refractivity contribution is 0.177. The monoisotopic (exact) mass is 275 g/mol. The van der Waals surface area contributed by atoms with Gasteiger partial charge in [-0.05, 0) is 54.9 Å². The minimum absolute atomic E-state index is 0.784. The smallest absolute Gasteiger partial charge is 0.161 e. The van der Waals surface area contributed by atoms with Crippen LogP contribution in [0.5, 0.6) is 11.5 Å². The summed E-state index contributed by atoms with van der Waals surface area (Å²) in [5.41, 5.74) is 2.83. The molecule has 0 aromatic heterocycles. The molecular weight excluding hydrogens is 250 g/mol. The fourth-order valence-electron chi connectivity index (χ4n) is 3.73. The van der Waals surface area contributed by atoms with Gasteiger partial charge in [0.05, 0.1) is 14.2 Å². The first-order valence-corrected chi connectivity index (χ1v) is 7.69. The van der Waals surface area contributed by atoms with Crippen LogP contribution in [0, 0.1) is 5.92 Å². The van der Waals surface area contributed by atoms with Crippen molar-refractivity contribution in [2.75, 3.05) is 20.8 Å². The number of hydrogen-bond donors (Lipinski definition) is 0. The largest absolute Gasteiger partial charge is 0.493 e. The summed E-state index contributed by atoms with van der Waals surface area (Å²) >= 11 is 0. The van der Waals surface area contributed by atoms with E-state index in [0.29, 0.717) is 0 Å². The van der Waals surface area contributed by atoms with Crippen LogP contribution < -0.4 is 9.47 Å². The lowest BCUT2D eigenvalue weighted by Crippen LogP contribution is -2.37. The highest BCUT2D eigenvalue weighted by molar-refractivity contribution is 5.48. The van der Waals surface area contributed by atoms with Gasteiger partial charge in [0.25, 0.3) is 0 Å². The zero-order valence-electron chi connectivity index (χ0n) is 12.8. The van der Waals surface area contributed by atoms with Gasteiger partial charge < -0.3 is 9.47 Å². The molecule has 3 rings (SSSR count). The zero-order chi connectivity index (χ0) is 14.1. The summed E-state index contributed by atoms with van der Waals surface area (Å²) in [4.78, 5) is 2.66. The van der Waals surface area contributed by atoms with E-state index in [0.717, 1.165) is 36.4 Å². The first kappa shape index (κ1) is 13.7. The number of benzene rings is 1. The van der Waals surface area contributed by atoms with Crippen LogP contribution in [0.4, 0.5) is 0 Å². The molecule has 0 N–H and O–H groups in total. The Morgan fingerprint density at radius 3 is 2.35 bits per heavy atom. The quantitative estimate of drug-likeness (QED) is 0.845. The molecule has 20 heavy (non-hydrogen) atoms. The highest BCUT2D eigenvalue weighted by Crippen LogP contribution is 2.36. The Morgan fingerprint density at radius 2 is 1.75 bits per heavy atom.